The zero-order valence-corrected chi connectivity index (χ0v) is 20.8. The Hall–Kier alpha value is -4.10. The molecule has 1 heterocycles. The Morgan fingerprint density at radius 2 is 1.83 bits per heavy atom. The second-order valence-electron chi connectivity index (χ2n) is 8.90. The number of nitrogens with one attached hydrogen (secondary N) is 1. The number of hydrogen-bond acceptors (Lipinski definition) is 5. The molecule has 0 fully saturated rings. The molecule has 1 N–H and O–H groups in total. The van der Waals surface area contributed by atoms with Crippen molar-refractivity contribution in [1.82, 2.24) is 4.90 Å². The van der Waals surface area contributed by atoms with E-state index in [0.29, 0.717) is 30.3 Å². The minimum Gasteiger partial charge on any atom is -0.489 e. The van der Waals surface area contributed by atoms with E-state index in [1.54, 1.807) is 30.0 Å². The maximum Gasteiger partial charge on any atom is 0.267 e. The Kier molecular flexibility index (Phi) is 8.02. The van der Waals surface area contributed by atoms with Gasteiger partial charge in [-0.3, -0.25) is 9.59 Å². The molecule has 7 heteroatoms. The Labute approximate surface area is 211 Å². The van der Waals surface area contributed by atoms with Crippen LogP contribution in [0.25, 0.3) is 6.08 Å². The van der Waals surface area contributed by atoms with Gasteiger partial charge in [-0.15, -0.1) is 0 Å². The van der Waals surface area contributed by atoms with Gasteiger partial charge in [0, 0.05) is 30.9 Å². The maximum atomic E-state index is 12.6. The lowest BCUT2D eigenvalue weighted by atomic mass is 10.1. The minimum absolute atomic E-state index is 0.0689. The van der Waals surface area contributed by atoms with E-state index in [2.05, 4.69) is 5.32 Å². The Morgan fingerprint density at radius 3 is 2.56 bits per heavy atom. The van der Waals surface area contributed by atoms with Crippen molar-refractivity contribution < 1.29 is 19.1 Å². The van der Waals surface area contributed by atoms with E-state index in [4.69, 9.17) is 9.47 Å². The average Bonchev–Trinajstić information content (AvgIpc) is 2.87. The molecule has 36 heavy (non-hydrogen) atoms. The summed E-state index contributed by atoms with van der Waals surface area (Å²) in [6.07, 6.45) is 2.65. The van der Waals surface area contributed by atoms with Crippen LogP contribution >= 0.6 is 0 Å². The van der Waals surface area contributed by atoms with E-state index in [1.807, 2.05) is 79.7 Å². The van der Waals surface area contributed by atoms with E-state index in [0.717, 1.165) is 23.4 Å². The van der Waals surface area contributed by atoms with Gasteiger partial charge in [-0.1, -0.05) is 42.5 Å². The third kappa shape index (κ3) is 6.52. The first-order chi connectivity index (χ1) is 17.4. The number of fused-ring (bicyclic) bond motifs is 1. The van der Waals surface area contributed by atoms with Crippen LogP contribution in [0.2, 0.25) is 0 Å². The smallest absolute Gasteiger partial charge is 0.267 e. The van der Waals surface area contributed by atoms with Gasteiger partial charge >= 0.3 is 0 Å². The molecule has 1 aliphatic rings. The fraction of sp³-hybridized carbons (Fsp3) is 0.241. The van der Waals surface area contributed by atoms with Crippen LogP contribution in [0.3, 0.4) is 0 Å². The first-order valence-electron chi connectivity index (χ1n) is 11.9. The molecule has 0 aliphatic carbocycles. The Morgan fingerprint density at radius 1 is 1.08 bits per heavy atom. The molecule has 0 saturated carbocycles. The number of ether oxygens (including phenoxy) is 2. The molecule has 0 aromatic heterocycles. The summed E-state index contributed by atoms with van der Waals surface area (Å²) in [5.74, 6) is 1.01. The van der Waals surface area contributed by atoms with E-state index in [1.165, 1.54) is 6.08 Å². The molecule has 0 radical (unpaired) electrons. The van der Waals surface area contributed by atoms with Gasteiger partial charge in [0.2, 0.25) is 5.91 Å². The summed E-state index contributed by atoms with van der Waals surface area (Å²) >= 11 is 0. The number of likely N-dealkylation sites (N-methyl/N-ethyl adjacent to an activating group) is 1. The quantitative estimate of drug-likeness (QED) is 0.449. The molecule has 0 bridgehead atoms. The second-order valence-corrected chi connectivity index (χ2v) is 8.90. The molecule has 1 unspecified atom stereocenters. The minimum atomic E-state index is -0.579. The molecular weight excluding hydrogens is 454 g/mol. The highest BCUT2D eigenvalue weighted by Crippen LogP contribution is 2.36. The van der Waals surface area contributed by atoms with Gasteiger partial charge in [-0.2, -0.15) is 0 Å². The SMILES string of the molecule is CC1Oc2cc(NC(=O)/C=C/c3ccc(OCc4ccccc4)cc3)ccc2N(CCN(C)C)C1=O. The molecule has 7 nitrogen and oxygen atoms in total. The molecule has 3 aromatic carbocycles. The standard InChI is InChI=1S/C29H31N3O4/c1-21-29(34)32(18-17-31(2)3)26-15-12-24(19-27(26)36-21)30-28(33)16-11-22-9-13-25(14-10-22)35-20-23-7-5-4-6-8-23/h4-16,19,21H,17-18,20H2,1-3H3,(H,30,33)/b16-11+. The summed E-state index contributed by atoms with van der Waals surface area (Å²) in [6.45, 7) is 3.54. The molecule has 0 spiro atoms. The van der Waals surface area contributed by atoms with Gasteiger partial charge in [0.25, 0.3) is 5.91 Å². The highest BCUT2D eigenvalue weighted by Gasteiger charge is 2.31. The van der Waals surface area contributed by atoms with Crippen molar-refractivity contribution in [2.24, 2.45) is 0 Å². The van der Waals surface area contributed by atoms with E-state index < -0.39 is 6.10 Å². The van der Waals surface area contributed by atoms with Gasteiger partial charge in [0.1, 0.15) is 18.1 Å². The maximum absolute atomic E-state index is 12.6. The lowest BCUT2D eigenvalue weighted by Crippen LogP contribution is -2.46. The number of amides is 2. The number of carbonyl (C=O) groups is 2. The van der Waals surface area contributed by atoms with Crippen molar-refractivity contribution in [3.8, 4) is 11.5 Å². The second kappa shape index (κ2) is 11.6. The predicted molar refractivity (Wildman–Crippen MR) is 142 cm³/mol. The topological polar surface area (TPSA) is 71.1 Å². The lowest BCUT2D eigenvalue weighted by Gasteiger charge is -2.34. The van der Waals surface area contributed by atoms with Crippen molar-refractivity contribution in [1.29, 1.82) is 0 Å². The fourth-order valence-electron chi connectivity index (χ4n) is 3.79. The van der Waals surface area contributed by atoms with Gasteiger partial charge < -0.3 is 24.6 Å². The largest absolute Gasteiger partial charge is 0.489 e. The monoisotopic (exact) mass is 485 g/mol. The molecule has 1 atom stereocenters. The highest BCUT2D eigenvalue weighted by atomic mass is 16.5. The van der Waals surface area contributed by atoms with Crippen molar-refractivity contribution >= 4 is 29.3 Å². The zero-order chi connectivity index (χ0) is 25.5. The molecule has 4 rings (SSSR count). The fourth-order valence-corrected chi connectivity index (χ4v) is 3.79. The Balaban J connectivity index is 1.35. The van der Waals surface area contributed by atoms with Gasteiger partial charge in [0.05, 0.1) is 5.69 Å². The van der Waals surface area contributed by atoms with Crippen LogP contribution < -0.4 is 19.7 Å². The predicted octanol–water partition coefficient (Wildman–Crippen LogP) is 4.59. The number of nitrogens with zero attached hydrogens (tertiary/aromatic N) is 2. The highest BCUT2D eigenvalue weighted by molar-refractivity contribution is 6.03. The summed E-state index contributed by atoms with van der Waals surface area (Å²) in [5, 5.41) is 2.86. The summed E-state index contributed by atoms with van der Waals surface area (Å²) in [4.78, 5) is 28.9. The van der Waals surface area contributed by atoms with Crippen LogP contribution in [0, 0.1) is 0 Å². The van der Waals surface area contributed by atoms with E-state index in [-0.39, 0.29) is 11.8 Å². The number of rotatable bonds is 9. The summed E-state index contributed by atoms with van der Waals surface area (Å²) in [7, 11) is 3.94. The van der Waals surface area contributed by atoms with Crippen LogP contribution in [0.15, 0.2) is 78.9 Å². The molecule has 0 saturated heterocycles. The number of hydrogen-bond donors (Lipinski definition) is 1. The van der Waals surface area contributed by atoms with Gasteiger partial charge in [-0.25, -0.2) is 0 Å². The first kappa shape index (κ1) is 25.0. The summed E-state index contributed by atoms with van der Waals surface area (Å²) in [5.41, 5.74) is 3.30. The molecule has 2 amide bonds. The average molecular weight is 486 g/mol. The lowest BCUT2D eigenvalue weighted by molar-refractivity contribution is -0.125. The molecule has 1 aliphatic heterocycles. The number of benzene rings is 3. The van der Waals surface area contributed by atoms with E-state index in [9.17, 15) is 9.59 Å². The Bertz CT molecular complexity index is 1220. The van der Waals surface area contributed by atoms with Crippen molar-refractivity contribution in [3.05, 3.63) is 90.0 Å². The molecule has 3 aromatic rings. The molecular formula is C29H31N3O4. The van der Waals surface area contributed by atoms with Crippen LogP contribution in [0.5, 0.6) is 11.5 Å². The van der Waals surface area contributed by atoms with E-state index >= 15 is 0 Å². The van der Waals surface area contributed by atoms with Crippen LogP contribution in [0.1, 0.15) is 18.1 Å². The van der Waals surface area contributed by atoms with Crippen LogP contribution in [0.4, 0.5) is 11.4 Å². The zero-order valence-electron chi connectivity index (χ0n) is 20.8. The van der Waals surface area contributed by atoms with Crippen molar-refractivity contribution in [3.63, 3.8) is 0 Å². The third-order valence-corrected chi connectivity index (χ3v) is 5.76. The normalized spacial score (nSPS) is 15.1. The summed E-state index contributed by atoms with van der Waals surface area (Å²) < 4.78 is 11.6. The summed E-state index contributed by atoms with van der Waals surface area (Å²) in [6, 6.07) is 22.9. The van der Waals surface area contributed by atoms with Gasteiger partial charge in [-0.05, 0) is 62.5 Å². The molecule has 186 valence electrons. The first-order valence-corrected chi connectivity index (χ1v) is 11.9. The third-order valence-electron chi connectivity index (χ3n) is 5.76. The van der Waals surface area contributed by atoms with Crippen molar-refractivity contribution in [2.75, 3.05) is 37.4 Å². The number of carbonyl (C=O) groups excluding carboxylic acids is 2. The number of anilines is 2. The van der Waals surface area contributed by atoms with Crippen molar-refractivity contribution in [2.45, 2.75) is 19.6 Å². The van der Waals surface area contributed by atoms with Crippen LogP contribution in [-0.4, -0.2) is 50.0 Å². The van der Waals surface area contributed by atoms with Crippen LogP contribution in [-0.2, 0) is 16.2 Å². The van der Waals surface area contributed by atoms with Gasteiger partial charge in [0.15, 0.2) is 6.10 Å².